The molecule has 0 saturated heterocycles. The number of nitrogens with zero attached hydrogens (tertiary/aromatic N) is 1. The first-order valence-electron chi connectivity index (χ1n) is 7.20. The quantitative estimate of drug-likeness (QED) is 0.909. The topological polar surface area (TPSA) is 23.5 Å². The van der Waals surface area contributed by atoms with Crippen molar-refractivity contribution in [2.45, 2.75) is 32.7 Å². The van der Waals surface area contributed by atoms with Gasteiger partial charge in [0.05, 0.1) is 0 Å². The number of hydrogen-bond donors (Lipinski definition) is 1. The van der Waals surface area contributed by atoms with Crippen LogP contribution in [0.3, 0.4) is 0 Å². The molecule has 0 fully saturated rings. The Balaban J connectivity index is 2.09. The van der Waals surface area contributed by atoms with Gasteiger partial charge in [0.2, 0.25) is 0 Å². The van der Waals surface area contributed by atoms with E-state index in [-0.39, 0.29) is 0 Å². The van der Waals surface area contributed by atoms with E-state index < -0.39 is 0 Å². The van der Waals surface area contributed by atoms with Crippen molar-refractivity contribution in [3.63, 3.8) is 0 Å². The third-order valence-corrected chi connectivity index (χ3v) is 4.37. The van der Waals surface area contributed by atoms with Crippen molar-refractivity contribution in [3.8, 4) is 5.75 Å². The first-order valence-corrected chi connectivity index (χ1v) is 7.20. The van der Waals surface area contributed by atoms with E-state index in [1.54, 1.807) is 0 Å². The van der Waals surface area contributed by atoms with Gasteiger partial charge in [-0.3, -0.25) is 0 Å². The van der Waals surface area contributed by atoms with E-state index in [1.165, 1.54) is 21.9 Å². The van der Waals surface area contributed by atoms with Gasteiger partial charge >= 0.3 is 0 Å². The van der Waals surface area contributed by atoms with Gasteiger partial charge in [-0.15, -0.1) is 0 Å². The van der Waals surface area contributed by atoms with Crippen LogP contribution in [0.2, 0.25) is 0 Å². The van der Waals surface area contributed by atoms with Crippen LogP contribution in [0.15, 0.2) is 30.3 Å². The van der Waals surface area contributed by atoms with E-state index in [4.69, 9.17) is 0 Å². The summed E-state index contributed by atoms with van der Waals surface area (Å²) in [6.07, 6.45) is 2.17. The summed E-state index contributed by atoms with van der Waals surface area (Å²) >= 11 is 0. The second kappa shape index (κ2) is 4.86. The molecule has 0 bridgehead atoms. The second-order valence-corrected chi connectivity index (χ2v) is 5.40. The molecule has 0 amide bonds. The van der Waals surface area contributed by atoms with Crippen molar-refractivity contribution in [1.82, 2.24) is 4.90 Å². The molecule has 1 unspecified atom stereocenters. The summed E-state index contributed by atoms with van der Waals surface area (Å²) in [7, 11) is 0. The maximum Gasteiger partial charge on any atom is 0.116 e. The van der Waals surface area contributed by atoms with E-state index >= 15 is 0 Å². The second-order valence-electron chi connectivity index (χ2n) is 5.40. The normalized spacial score (nSPS) is 18.2. The summed E-state index contributed by atoms with van der Waals surface area (Å²) in [6.45, 7) is 6.63. The number of phenols is 1. The molecule has 0 saturated carbocycles. The van der Waals surface area contributed by atoms with Gasteiger partial charge in [-0.1, -0.05) is 32.0 Å². The van der Waals surface area contributed by atoms with Gasteiger partial charge in [0.25, 0.3) is 0 Å². The van der Waals surface area contributed by atoms with E-state index in [0.29, 0.717) is 11.8 Å². The van der Waals surface area contributed by atoms with Gasteiger partial charge in [-0.05, 0) is 60.0 Å². The summed E-state index contributed by atoms with van der Waals surface area (Å²) in [5.74, 6) is 0.389. The lowest BCUT2D eigenvalue weighted by atomic mass is 9.85. The predicted octanol–water partition coefficient (Wildman–Crippen LogP) is 3.35. The Morgan fingerprint density at radius 2 is 1.84 bits per heavy atom. The molecule has 3 rings (SSSR count). The predicted molar refractivity (Wildman–Crippen MR) is 79.7 cm³/mol. The van der Waals surface area contributed by atoms with Crippen LogP contribution in [0.5, 0.6) is 5.75 Å². The van der Waals surface area contributed by atoms with Gasteiger partial charge < -0.3 is 10.0 Å². The molecule has 0 aromatic heterocycles. The van der Waals surface area contributed by atoms with E-state index in [1.807, 2.05) is 12.1 Å². The molecule has 1 N–H and O–H groups in total. The van der Waals surface area contributed by atoms with E-state index in [9.17, 15) is 5.11 Å². The van der Waals surface area contributed by atoms with Crippen LogP contribution in [0.4, 0.5) is 0 Å². The average Bonchev–Trinajstić information content (AvgIpc) is 2.39. The van der Waals surface area contributed by atoms with Crippen LogP contribution in [-0.4, -0.2) is 29.1 Å². The number of hydrogen-bond acceptors (Lipinski definition) is 2. The van der Waals surface area contributed by atoms with Crippen molar-refractivity contribution in [2.75, 3.05) is 13.1 Å². The molecule has 100 valence electrons. The minimum absolute atomic E-state index is 0.389. The Hall–Kier alpha value is -1.54. The molecule has 1 aliphatic rings. The van der Waals surface area contributed by atoms with Crippen molar-refractivity contribution in [2.24, 2.45) is 0 Å². The zero-order valence-electron chi connectivity index (χ0n) is 11.7. The third kappa shape index (κ3) is 2.10. The van der Waals surface area contributed by atoms with Gasteiger partial charge in [-0.2, -0.15) is 0 Å². The van der Waals surface area contributed by atoms with Crippen molar-refractivity contribution >= 4 is 10.8 Å². The first-order chi connectivity index (χ1) is 9.22. The Bertz CT molecular complexity index is 601. The molecule has 0 spiro atoms. The molecular formula is C17H21NO. The zero-order chi connectivity index (χ0) is 13.4. The molecule has 0 aliphatic heterocycles. The summed E-state index contributed by atoms with van der Waals surface area (Å²) in [6, 6.07) is 10.8. The maximum atomic E-state index is 9.88. The van der Waals surface area contributed by atoms with Crippen molar-refractivity contribution in [3.05, 3.63) is 41.5 Å². The number of benzene rings is 2. The van der Waals surface area contributed by atoms with Gasteiger partial charge in [0.1, 0.15) is 5.75 Å². The molecule has 19 heavy (non-hydrogen) atoms. The molecule has 2 aromatic rings. The standard InChI is InChI=1S/C17H21NO/c1-3-18(4-2)15-8-12-6-5-7-13-10-16(19)11-14(9-15)17(12)13/h5-7,10-11,15,19H,3-4,8-9H2,1-2H3. The van der Waals surface area contributed by atoms with E-state index in [0.717, 1.165) is 25.9 Å². The van der Waals surface area contributed by atoms with Crippen LogP contribution in [0.1, 0.15) is 25.0 Å². The lowest BCUT2D eigenvalue weighted by Crippen LogP contribution is -2.39. The van der Waals surface area contributed by atoms with E-state index in [2.05, 4.69) is 36.9 Å². The fourth-order valence-electron chi connectivity index (χ4n) is 3.49. The molecule has 1 aliphatic carbocycles. The highest BCUT2D eigenvalue weighted by atomic mass is 16.3. The lowest BCUT2D eigenvalue weighted by molar-refractivity contribution is 0.212. The fourth-order valence-corrected chi connectivity index (χ4v) is 3.49. The van der Waals surface area contributed by atoms with Crippen LogP contribution in [0.25, 0.3) is 10.8 Å². The molecule has 2 aromatic carbocycles. The largest absolute Gasteiger partial charge is 0.508 e. The molecular weight excluding hydrogens is 234 g/mol. The molecule has 2 heteroatoms. The molecule has 0 heterocycles. The number of likely N-dealkylation sites (N-methyl/N-ethyl adjacent to an activating group) is 1. The maximum absolute atomic E-state index is 9.88. The average molecular weight is 255 g/mol. The lowest BCUT2D eigenvalue weighted by Gasteiger charge is -2.34. The Morgan fingerprint density at radius 1 is 1.11 bits per heavy atom. The Labute approximate surface area is 114 Å². The summed E-state index contributed by atoms with van der Waals surface area (Å²) in [5.41, 5.74) is 2.73. The number of phenolic OH excluding ortho intramolecular Hbond substituents is 1. The smallest absolute Gasteiger partial charge is 0.116 e. The Morgan fingerprint density at radius 3 is 2.58 bits per heavy atom. The highest BCUT2D eigenvalue weighted by Crippen LogP contribution is 2.34. The molecule has 1 atom stereocenters. The minimum Gasteiger partial charge on any atom is -0.508 e. The first kappa shape index (κ1) is 12.5. The summed E-state index contributed by atoms with van der Waals surface area (Å²) in [5, 5.41) is 12.4. The third-order valence-electron chi connectivity index (χ3n) is 4.37. The van der Waals surface area contributed by atoms with Crippen LogP contribution in [0, 0.1) is 0 Å². The summed E-state index contributed by atoms with van der Waals surface area (Å²) in [4.78, 5) is 2.52. The van der Waals surface area contributed by atoms with Crippen LogP contribution in [-0.2, 0) is 12.8 Å². The Kier molecular flexibility index (Phi) is 3.19. The number of aromatic hydroxyl groups is 1. The van der Waals surface area contributed by atoms with Gasteiger partial charge in [-0.25, -0.2) is 0 Å². The molecule has 2 nitrogen and oxygen atoms in total. The van der Waals surface area contributed by atoms with Gasteiger partial charge in [0, 0.05) is 6.04 Å². The van der Waals surface area contributed by atoms with Crippen molar-refractivity contribution < 1.29 is 5.11 Å². The fraction of sp³-hybridized carbons (Fsp3) is 0.412. The SMILES string of the molecule is CCN(CC)C1Cc2cccc3cc(O)cc(c23)C1. The highest BCUT2D eigenvalue weighted by molar-refractivity contribution is 5.91. The summed E-state index contributed by atoms with van der Waals surface area (Å²) < 4.78 is 0. The molecule has 0 radical (unpaired) electrons. The number of rotatable bonds is 3. The van der Waals surface area contributed by atoms with Crippen LogP contribution < -0.4 is 0 Å². The van der Waals surface area contributed by atoms with Crippen LogP contribution >= 0.6 is 0 Å². The monoisotopic (exact) mass is 255 g/mol. The minimum atomic E-state index is 0.389. The highest BCUT2D eigenvalue weighted by Gasteiger charge is 2.24. The van der Waals surface area contributed by atoms with Gasteiger partial charge in [0.15, 0.2) is 0 Å². The van der Waals surface area contributed by atoms with Crippen molar-refractivity contribution in [1.29, 1.82) is 0 Å². The zero-order valence-corrected chi connectivity index (χ0v) is 11.7.